The Morgan fingerprint density at radius 3 is 2.33 bits per heavy atom. The Morgan fingerprint density at radius 2 is 1.61 bits per heavy atom. The van der Waals surface area contributed by atoms with Crippen LogP contribution < -0.4 is 5.73 Å². The van der Waals surface area contributed by atoms with E-state index < -0.39 is 5.97 Å². The molecular weight excluding hydrogens is 412 g/mol. The number of aryl methyl sites for hydroxylation is 1. The lowest BCUT2D eigenvalue weighted by Crippen LogP contribution is -2.11. The summed E-state index contributed by atoms with van der Waals surface area (Å²) in [7, 11) is 0. The number of hydrogen-bond donors (Lipinski definition) is 1. The maximum absolute atomic E-state index is 13.1. The second-order valence-electron chi connectivity index (χ2n) is 8.62. The van der Waals surface area contributed by atoms with Gasteiger partial charge in [0.15, 0.2) is 5.65 Å². The molecule has 33 heavy (non-hydrogen) atoms. The van der Waals surface area contributed by atoms with Crippen molar-refractivity contribution in [2.45, 2.75) is 58.9 Å². The van der Waals surface area contributed by atoms with E-state index in [1.165, 1.54) is 31.2 Å². The zero-order valence-corrected chi connectivity index (χ0v) is 19.5. The highest BCUT2D eigenvalue weighted by Gasteiger charge is 2.25. The van der Waals surface area contributed by atoms with Gasteiger partial charge in [0.1, 0.15) is 16.9 Å². The summed E-state index contributed by atoms with van der Waals surface area (Å²) in [4.78, 5) is 22.6. The van der Waals surface area contributed by atoms with E-state index in [9.17, 15) is 4.79 Å². The molecule has 2 N–H and O–H groups in total. The van der Waals surface area contributed by atoms with Crippen molar-refractivity contribution in [3.63, 3.8) is 0 Å². The number of nitrogens with two attached hydrogens (primary N) is 1. The average molecular weight is 445 g/mol. The molecule has 4 aromatic rings. The lowest BCUT2D eigenvalue weighted by atomic mass is 10.1. The molecular formula is C27H32N4O2. The second kappa shape index (κ2) is 10.5. The summed E-state index contributed by atoms with van der Waals surface area (Å²) in [6.07, 6.45) is 6.78. The number of unbranched alkanes of at least 4 members (excludes halogenated alkanes) is 5. The maximum atomic E-state index is 13.1. The molecule has 0 fully saturated rings. The van der Waals surface area contributed by atoms with Crippen molar-refractivity contribution in [1.82, 2.24) is 14.5 Å². The molecule has 0 saturated heterocycles. The Labute approximate surface area is 194 Å². The van der Waals surface area contributed by atoms with Crippen LogP contribution in [0.2, 0.25) is 0 Å². The molecule has 0 aliphatic rings. The molecule has 0 saturated carbocycles. The van der Waals surface area contributed by atoms with Crippen LogP contribution in [0.5, 0.6) is 0 Å². The monoisotopic (exact) mass is 444 g/mol. The number of hydrogen-bond acceptors (Lipinski definition) is 5. The highest BCUT2D eigenvalue weighted by Crippen LogP contribution is 2.29. The summed E-state index contributed by atoms with van der Waals surface area (Å²) in [6, 6.07) is 15.9. The van der Waals surface area contributed by atoms with Crippen molar-refractivity contribution in [3.8, 4) is 0 Å². The van der Waals surface area contributed by atoms with Gasteiger partial charge in [0.05, 0.1) is 24.2 Å². The summed E-state index contributed by atoms with van der Waals surface area (Å²) >= 11 is 0. The number of anilines is 1. The molecule has 2 aromatic heterocycles. The van der Waals surface area contributed by atoms with Gasteiger partial charge in [0.25, 0.3) is 0 Å². The minimum absolute atomic E-state index is 0.307. The first-order valence-corrected chi connectivity index (χ1v) is 11.9. The molecule has 0 amide bonds. The van der Waals surface area contributed by atoms with Crippen LogP contribution in [0.4, 0.5) is 5.82 Å². The van der Waals surface area contributed by atoms with Crippen LogP contribution in [0.15, 0.2) is 48.5 Å². The zero-order chi connectivity index (χ0) is 23.2. The third kappa shape index (κ3) is 5.16. The molecule has 172 valence electrons. The molecule has 0 bridgehead atoms. The smallest absolute Gasteiger partial charge is 0.344 e. The zero-order valence-electron chi connectivity index (χ0n) is 19.5. The van der Waals surface area contributed by atoms with E-state index >= 15 is 0 Å². The first-order chi connectivity index (χ1) is 16.1. The van der Waals surface area contributed by atoms with Gasteiger partial charge < -0.3 is 15.0 Å². The SMILES string of the molecule is CCCCCCCCOC(=O)c1c(N)n(Cc2ccc(C)cc2)c2nc3ccccc3nc12. The molecule has 0 aliphatic carbocycles. The lowest BCUT2D eigenvalue weighted by Gasteiger charge is -2.09. The van der Waals surface area contributed by atoms with Crippen LogP contribution in [0.1, 0.15) is 66.9 Å². The van der Waals surface area contributed by atoms with Gasteiger partial charge in [-0.2, -0.15) is 0 Å². The molecule has 0 spiro atoms. The Kier molecular flexibility index (Phi) is 7.23. The Bertz CT molecular complexity index is 1240. The number of esters is 1. The van der Waals surface area contributed by atoms with Gasteiger partial charge in [0, 0.05) is 0 Å². The third-order valence-electron chi connectivity index (χ3n) is 5.99. The molecule has 6 nitrogen and oxygen atoms in total. The van der Waals surface area contributed by atoms with Crippen LogP contribution in [0.3, 0.4) is 0 Å². The minimum Gasteiger partial charge on any atom is -0.462 e. The Morgan fingerprint density at radius 1 is 0.939 bits per heavy atom. The van der Waals surface area contributed by atoms with Crippen molar-refractivity contribution >= 4 is 34.0 Å². The number of para-hydroxylation sites is 2. The van der Waals surface area contributed by atoms with Crippen molar-refractivity contribution in [2.24, 2.45) is 0 Å². The molecule has 0 radical (unpaired) electrons. The molecule has 2 heterocycles. The first-order valence-electron chi connectivity index (χ1n) is 11.9. The number of nitrogens with zero attached hydrogens (tertiary/aromatic N) is 3. The van der Waals surface area contributed by atoms with E-state index in [1.54, 1.807) is 0 Å². The number of carbonyl (C=O) groups is 1. The highest BCUT2D eigenvalue weighted by molar-refractivity contribution is 6.08. The van der Waals surface area contributed by atoms with E-state index in [-0.39, 0.29) is 0 Å². The van der Waals surface area contributed by atoms with Gasteiger partial charge in [-0.15, -0.1) is 0 Å². The summed E-state index contributed by atoms with van der Waals surface area (Å²) < 4.78 is 7.48. The fourth-order valence-corrected chi connectivity index (χ4v) is 4.07. The number of benzene rings is 2. The van der Waals surface area contributed by atoms with E-state index in [4.69, 9.17) is 20.4 Å². The van der Waals surface area contributed by atoms with Gasteiger partial charge in [-0.05, 0) is 31.0 Å². The van der Waals surface area contributed by atoms with E-state index in [2.05, 4.69) is 38.1 Å². The van der Waals surface area contributed by atoms with E-state index in [0.717, 1.165) is 29.4 Å². The van der Waals surface area contributed by atoms with E-state index in [0.29, 0.717) is 35.7 Å². The number of carbonyl (C=O) groups excluding carboxylic acids is 1. The largest absolute Gasteiger partial charge is 0.462 e. The number of nitrogen functional groups attached to an aromatic ring is 1. The van der Waals surface area contributed by atoms with E-state index in [1.807, 2.05) is 28.8 Å². The van der Waals surface area contributed by atoms with Gasteiger partial charge >= 0.3 is 5.97 Å². The van der Waals surface area contributed by atoms with Crippen molar-refractivity contribution in [2.75, 3.05) is 12.3 Å². The molecule has 2 aromatic carbocycles. The molecule has 4 rings (SSSR count). The van der Waals surface area contributed by atoms with Crippen LogP contribution in [-0.2, 0) is 11.3 Å². The predicted molar refractivity (Wildman–Crippen MR) is 133 cm³/mol. The topological polar surface area (TPSA) is 83.0 Å². The predicted octanol–water partition coefficient (Wildman–Crippen LogP) is 6.04. The minimum atomic E-state index is -0.432. The molecule has 6 heteroatoms. The van der Waals surface area contributed by atoms with Crippen LogP contribution in [0.25, 0.3) is 22.2 Å². The summed E-state index contributed by atoms with van der Waals surface area (Å²) in [5.41, 5.74) is 11.7. The van der Waals surface area contributed by atoms with Crippen LogP contribution in [-0.4, -0.2) is 27.1 Å². The highest BCUT2D eigenvalue weighted by atomic mass is 16.5. The summed E-state index contributed by atoms with van der Waals surface area (Å²) in [5.74, 6) is -0.0906. The van der Waals surface area contributed by atoms with Crippen LogP contribution >= 0.6 is 0 Å². The number of ether oxygens (including phenoxy) is 1. The normalized spacial score (nSPS) is 11.3. The second-order valence-corrected chi connectivity index (χ2v) is 8.62. The fraction of sp³-hybridized carbons (Fsp3) is 0.370. The molecule has 0 atom stereocenters. The first kappa shape index (κ1) is 22.8. The summed E-state index contributed by atoms with van der Waals surface area (Å²) in [6.45, 7) is 5.14. The number of rotatable bonds is 10. The fourth-order valence-electron chi connectivity index (χ4n) is 4.07. The van der Waals surface area contributed by atoms with Gasteiger partial charge in [0.2, 0.25) is 0 Å². The third-order valence-corrected chi connectivity index (χ3v) is 5.99. The van der Waals surface area contributed by atoms with Gasteiger partial charge in [-0.25, -0.2) is 14.8 Å². The maximum Gasteiger partial charge on any atom is 0.344 e. The average Bonchev–Trinajstić information content (AvgIpc) is 3.08. The van der Waals surface area contributed by atoms with Crippen molar-refractivity contribution < 1.29 is 9.53 Å². The Balaban J connectivity index is 1.63. The molecule has 0 unspecified atom stereocenters. The van der Waals surface area contributed by atoms with Gasteiger partial charge in [-0.1, -0.05) is 81.0 Å². The van der Waals surface area contributed by atoms with Gasteiger partial charge in [-0.3, -0.25) is 0 Å². The number of aromatic nitrogens is 3. The quantitative estimate of drug-likeness (QED) is 0.238. The standard InChI is InChI=1S/C27H32N4O2/c1-3-4-5-6-7-10-17-33-27(32)23-24-26(30-22-12-9-8-11-21(22)29-24)31(25(23)28)18-20-15-13-19(2)14-16-20/h8-9,11-16H,3-7,10,17-18,28H2,1-2H3. The lowest BCUT2D eigenvalue weighted by molar-refractivity contribution is 0.0501. The molecule has 0 aliphatic heterocycles. The van der Waals surface area contributed by atoms with Crippen molar-refractivity contribution in [1.29, 1.82) is 0 Å². The van der Waals surface area contributed by atoms with Crippen LogP contribution in [0, 0.1) is 6.92 Å². The number of fused-ring (bicyclic) bond motifs is 2. The summed E-state index contributed by atoms with van der Waals surface area (Å²) in [5, 5.41) is 0. The Hall–Kier alpha value is -3.41. The van der Waals surface area contributed by atoms with Crippen molar-refractivity contribution in [3.05, 3.63) is 65.2 Å².